The SMILES string of the molecule is CCOC(=O)CSc1nnc(COc2cccc3cccnc23)o1. The van der Waals surface area contributed by atoms with Crippen molar-refractivity contribution in [1.82, 2.24) is 15.2 Å². The highest BCUT2D eigenvalue weighted by molar-refractivity contribution is 7.99. The van der Waals surface area contributed by atoms with Crippen molar-refractivity contribution < 1.29 is 18.7 Å². The molecule has 2 heterocycles. The van der Waals surface area contributed by atoms with Gasteiger partial charge in [0.1, 0.15) is 17.0 Å². The smallest absolute Gasteiger partial charge is 0.316 e. The maximum absolute atomic E-state index is 11.3. The molecule has 0 aliphatic heterocycles. The summed E-state index contributed by atoms with van der Waals surface area (Å²) in [7, 11) is 0. The Morgan fingerprint density at radius 1 is 1.25 bits per heavy atom. The van der Waals surface area contributed by atoms with Gasteiger partial charge in [-0.25, -0.2) is 0 Å². The van der Waals surface area contributed by atoms with Crippen molar-refractivity contribution in [2.24, 2.45) is 0 Å². The van der Waals surface area contributed by atoms with E-state index < -0.39 is 0 Å². The summed E-state index contributed by atoms with van der Waals surface area (Å²) >= 11 is 1.13. The lowest BCUT2D eigenvalue weighted by Gasteiger charge is -2.06. The van der Waals surface area contributed by atoms with Crippen molar-refractivity contribution in [3.63, 3.8) is 0 Å². The van der Waals surface area contributed by atoms with E-state index in [0.717, 1.165) is 22.7 Å². The first-order valence-corrected chi connectivity index (χ1v) is 8.32. The highest BCUT2D eigenvalue weighted by Gasteiger charge is 2.11. The molecule has 0 N–H and O–H groups in total. The van der Waals surface area contributed by atoms with Crippen molar-refractivity contribution in [1.29, 1.82) is 0 Å². The predicted molar refractivity (Wildman–Crippen MR) is 87.7 cm³/mol. The fourth-order valence-corrected chi connectivity index (χ4v) is 2.59. The largest absolute Gasteiger partial charge is 0.482 e. The Labute approximate surface area is 142 Å². The minimum absolute atomic E-state index is 0.128. The molecule has 0 amide bonds. The molecular weight excluding hydrogens is 330 g/mol. The van der Waals surface area contributed by atoms with Crippen LogP contribution in [0.5, 0.6) is 5.75 Å². The molecule has 0 saturated heterocycles. The highest BCUT2D eigenvalue weighted by atomic mass is 32.2. The molecule has 124 valence electrons. The quantitative estimate of drug-likeness (QED) is 0.477. The minimum atomic E-state index is -0.319. The van der Waals surface area contributed by atoms with E-state index in [0.29, 0.717) is 23.5 Å². The van der Waals surface area contributed by atoms with Crippen molar-refractivity contribution in [3.05, 3.63) is 42.4 Å². The number of carbonyl (C=O) groups is 1. The molecule has 0 saturated carbocycles. The Morgan fingerprint density at radius 2 is 2.12 bits per heavy atom. The predicted octanol–water partition coefficient (Wildman–Crippen LogP) is 2.85. The second-order valence-electron chi connectivity index (χ2n) is 4.68. The first-order chi connectivity index (χ1) is 11.8. The highest BCUT2D eigenvalue weighted by Crippen LogP contribution is 2.24. The first kappa shape index (κ1) is 16.3. The summed E-state index contributed by atoms with van der Waals surface area (Å²) in [6.07, 6.45) is 1.71. The topological polar surface area (TPSA) is 87.3 Å². The Hall–Kier alpha value is -2.61. The minimum Gasteiger partial charge on any atom is -0.482 e. The number of fused-ring (bicyclic) bond motifs is 1. The van der Waals surface area contributed by atoms with Gasteiger partial charge in [0.05, 0.1) is 6.61 Å². The summed E-state index contributed by atoms with van der Waals surface area (Å²) in [5, 5.41) is 9.06. The van der Waals surface area contributed by atoms with E-state index in [9.17, 15) is 4.79 Å². The van der Waals surface area contributed by atoms with E-state index >= 15 is 0 Å². The number of para-hydroxylation sites is 1. The molecule has 3 rings (SSSR count). The standard InChI is InChI=1S/C16H15N3O4S/c1-2-21-14(20)10-24-16-19-18-13(23-16)9-22-12-7-3-5-11-6-4-8-17-15(11)12/h3-8H,2,9-10H2,1H3. The number of thioether (sulfide) groups is 1. The fraction of sp³-hybridized carbons (Fsp3) is 0.250. The van der Waals surface area contributed by atoms with Crippen molar-refractivity contribution in [2.75, 3.05) is 12.4 Å². The van der Waals surface area contributed by atoms with Crippen LogP contribution in [0, 0.1) is 0 Å². The summed E-state index contributed by atoms with van der Waals surface area (Å²) in [6, 6.07) is 9.53. The van der Waals surface area contributed by atoms with Gasteiger partial charge < -0.3 is 13.9 Å². The van der Waals surface area contributed by atoms with Gasteiger partial charge in [-0.05, 0) is 19.1 Å². The second-order valence-corrected chi connectivity index (χ2v) is 5.60. The maximum atomic E-state index is 11.3. The summed E-state index contributed by atoms with van der Waals surface area (Å²) in [5.41, 5.74) is 0.774. The number of hydrogen-bond acceptors (Lipinski definition) is 8. The Morgan fingerprint density at radius 3 is 3.00 bits per heavy atom. The molecule has 0 spiro atoms. The van der Waals surface area contributed by atoms with Crippen LogP contribution in [0.25, 0.3) is 10.9 Å². The third kappa shape index (κ3) is 4.02. The Bertz CT molecular complexity index is 832. The molecule has 0 aliphatic rings. The van der Waals surface area contributed by atoms with Crippen molar-refractivity contribution in [3.8, 4) is 5.75 Å². The molecule has 7 nitrogen and oxygen atoms in total. The average Bonchev–Trinajstić information content (AvgIpc) is 3.06. The average molecular weight is 345 g/mol. The van der Waals surface area contributed by atoms with Crippen LogP contribution in [0.3, 0.4) is 0 Å². The zero-order chi connectivity index (χ0) is 16.8. The van der Waals surface area contributed by atoms with Crippen molar-refractivity contribution >= 4 is 28.6 Å². The number of esters is 1. The van der Waals surface area contributed by atoms with Crippen LogP contribution in [-0.4, -0.2) is 33.5 Å². The van der Waals surface area contributed by atoms with Gasteiger partial charge >= 0.3 is 5.97 Å². The third-order valence-corrected chi connectivity index (χ3v) is 3.81. The molecule has 2 aromatic heterocycles. The zero-order valence-corrected chi connectivity index (χ0v) is 13.8. The van der Waals surface area contributed by atoms with Crippen molar-refractivity contribution in [2.45, 2.75) is 18.8 Å². The fourth-order valence-electron chi connectivity index (χ4n) is 2.01. The number of carbonyl (C=O) groups excluding carboxylic acids is 1. The number of benzene rings is 1. The van der Waals surface area contributed by atoms with Gasteiger partial charge in [0, 0.05) is 11.6 Å². The van der Waals surface area contributed by atoms with E-state index in [2.05, 4.69) is 15.2 Å². The van der Waals surface area contributed by atoms with Crippen LogP contribution in [-0.2, 0) is 16.1 Å². The summed E-state index contributed by atoms with van der Waals surface area (Å²) < 4.78 is 16.0. The van der Waals surface area contributed by atoms with E-state index in [1.165, 1.54) is 0 Å². The maximum Gasteiger partial charge on any atom is 0.316 e. The lowest BCUT2D eigenvalue weighted by Crippen LogP contribution is -2.06. The number of pyridine rings is 1. The molecule has 8 heteroatoms. The van der Waals surface area contributed by atoms with Crippen LogP contribution in [0.15, 0.2) is 46.2 Å². The number of ether oxygens (including phenoxy) is 2. The molecule has 0 bridgehead atoms. The van der Waals surface area contributed by atoms with Crippen LogP contribution in [0.2, 0.25) is 0 Å². The summed E-state index contributed by atoms with van der Waals surface area (Å²) in [5.74, 6) is 0.783. The zero-order valence-electron chi connectivity index (χ0n) is 13.0. The van der Waals surface area contributed by atoms with Crippen LogP contribution in [0.4, 0.5) is 0 Å². The van der Waals surface area contributed by atoms with Gasteiger partial charge in [-0.15, -0.1) is 10.2 Å². The lowest BCUT2D eigenvalue weighted by molar-refractivity contribution is -0.139. The normalized spacial score (nSPS) is 10.7. The molecule has 1 aromatic carbocycles. The van der Waals surface area contributed by atoms with Crippen LogP contribution < -0.4 is 4.74 Å². The monoisotopic (exact) mass is 345 g/mol. The van der Waals surface area contributed by atoms with Gasteiger partial charge in [0.15, 0.2) is 6.61 Å². The van der Waals surface area contributed by atoms with Crippen LogP contribution in [0.1, 0.15) is 12.8 Å². The number of nitrogens with zero attached hydrogens (tertiary/aromatic N) is 3. The molecule has 0 unspecified atom stereocenters. The van der Waals surface area contributed by atoms with Gasteiger partial charge in [0.25, 0.3) is 11.1 Å². The summed E-state index contributed by atoms with van der Waals surface area (Å²) in [4.78, 5) is 15.6. The lowest BCUT2D eigenvalue weighted by atomic mass is 10.2. The first-order valence-electron chi connectivity index (χ1n) is 7.33. The van der Waals surface area contributed by atoms with Gasteiger partial charge in [-0.1, -0.05) is 30.0 Å². The molecule has 3 aromatic rings. The Kier molecular flexibility index (Phi) is 5.27. The van der Waals surface area contributed by atoms with E-state index in [1.807, 2.05) is 30.3 Å². The molecule has 24 heavy (non-hydrogen) atoms. The van der Waals surface area contributed by atoms with Gasteiger partial charge in [0.2, 0.25) is 0 Å². The third-order valence-electron chi connectivity index (χ3n) is 3.01. The molecule has 0 atom stereocenters. The molecular formula is C16H15N3O4S. The van der Waals surface area contributed by atoms with Gasteiger partial charge in [-0.3, -0.25) is 9.78 Å². The molecule has 0 fully saturated rings. The van der Waals surface area contributed by atoms with E-state index in [4.69, 9.17) is 13.9 Å². The summed E-state index contributed by atoms with van der Waals surface area (Å²) in [6.45, 7) is 2.23. The Balaban J connectivity index is 1.60. The number of aromatic nitrogens is 3. The second kappa shape index (κ2) is 7.78. The van der Waals surface area contributed by atoms with E-state index in [-0.39, 0.29) is 18.3 Å². The molecule has 0 aliphatic carbocycles. The van der Waals surface area contributed by atoms with E-state index in [1.54, 1.807) is 13.1 Å². The number of hydrogen-bond donors (Lipinski definition) is 0. The van der Waals surface area contributed by atoms with Crippen LogP contribution >= 0.6 is 11.8 Å². The van der Waals surface area contributed by atoms with Gasteiger partial charge in [-0.2, -0.15) is 0 Å². The number of rotatable bonds is 7. The molecule has 0 radical (unpaired) electrons.